The third-order valence-corrected chi connectivity index (χ3v) is 5.26. The first-order valence-corrected chi connectivity index (χ1v) is 10.0. The highest BCUT2D eigenvalue weighted by Gasteiger charge is 2.13. The number of nitrogens with zero attached hydrogens (tertiary/aromatic N) is 3. The maximum atomic E-state index is 12.3. The molecule has 2 heterocycles. The number of carbonyl (C=O) groups is 1. The molecule has 3 rings (SSSR count). The van der Waals surface area contributed by atoms with Crippen LogP contribution < -0.4 is 5.32 Å². The molecule has 0 saturated heterocycles. The molecule has 0 aliphatic carbocycles. The zero-order chi connectivity index (χ0) is 18.7. The molecule has 0 unspecified atom stereocenters. The van der Waals surface area contributed by atoms with Crippen LogP contribution in [0.1, 0.15) is 22.7 Å². The van der Waals surface area contributed by atoms with Crippen molar-refractivity contribution < 1.29 is 9.32 Å². The predicted octanol–water partition coefficient (Wildman–Crippen LogP) is 4.42. The Kier molecular flexibility index (Phi) is 5.83. The SMILES string of the molecule is Cc1cc(NC(=O)CSCc2c(C)noc2C)n(-c2cccc(Br)c2)n1. The van der Waals surface area contributed by atoms with Crippen LogP contribution in [0.5, 0.6) is 0 Å². The van der Waals surface area contributed by atoms with E-state index in [4.69, 9.17) is 4.52 Å². The second-order valence-corrected chi connectivity index (χ2v) is 7.81. The van der Waals surface area contributed by atoms with Crippen molar-refractivity contribution in [1.82, 2.24) is 14.9 Å². The average molecular weight is 435 g/mol. The van der Waals surface area contributed by atoms with Gasteiger partial charge in [0, 0.05) is 21.9 Å². The van der Waals surface area contributed by atoms with Crippen LogP contribution in [0.4, 0.5) is 5.82 Å². The van der Waals surface area contributed by atoms with E-state index in [0.717, 1.165) is 32.9 Å². The number of aromatic nitrogens is 3. The molecule has 0 fully saturated rings. The zero-order valence-electron chi connectivity index (χ0n) is 14.7. The van der Waals surface area contributed by atoms with Gasteiger partial charge in [0.2, 0.25) is 5.91 Å². The van der Waals surface area contributed by atoms with Gasteiger partial charge in [0.1, 0.15) is 11.6 Å². The van der Waals surface area contributed by atoms with E-state index in [1.54, 1.807) is 4.68 Å². The summed E-state index contributed by atoms with van der Waals surface area (Å²) >= 11 is 4.99. The van der Waals surface area contributed by atoms with Crippen LogP contribution in [0.15, 0.2) is 39.3 Å². The monoisotopic (exact) mass is 434 g/mol. The molecule has 1 N–H and O–H groups in total. The summed E-state index contributed by atoms with van der Waals surface area (Å²) in [6, 6.07) is 9.64. The topological polar surface area (TPSA) is 73.0 Å². The molecular formula is C18H19BrN4O2S. The van der Waals surface area contributed by atoms with Crippen molar-refractivity contribution in [2.75, 3.05) is 11.1 Å². The highest BCUT2D eigenvalue weighted by molar-refractivity contribution is 9.10. The third-order valence-electron chi connectivity index (χ3n) is 3.81. The molecule has 2 aromatic heterocycles. The Balaban J connectivity index is 1.65. The number of halogens is 1. The van der Waals surface area contributed by atoms with Crippen molar-refractivity contribution in [3.8, 4) is 5.69 Å². The van der Waals surface area contributed by atoms with E-state index in [-0.39, 0.29) is 5.91 Å². The molecular weight excluding hydrogens is 416 g/mol. The summed E-state index contributed by atoms with van der Waals surface area (Å²) in [5.74, 6) is 2.42. The number of aryl methyl sites for hydroxylation is 3. The lowest BCUT2D eigenvalue weighted by molar-refractivity contribution is -0.113. The summed E-state index contributed by atoms with van der Waals surface area (Å²) < 4.78 is 7.83. The quantitative estimate of drug-likeness (QED) is 0.621. The number of benzene rings is 1. The minimum Gasteiger partial charge on any atom is -0.361 e. The van der Waals surface area contributed by atoms with Gasteiger partial charge in [-0.1, -0.05) is 27.2 Å². The molecule has 0 saturated carbocycles. The van der Waals surface area contributed by atoms with Crippen molar-refractivity contribution in [3.05, 3.63) is 57.5 Å². The van der Waals surface area contributed by atoms with Crippen LogP contribution in [-0.4, -0.2) is 26.6 Å². The number of nitrogens with one attached hydrogen (secondary N) is 1. The van der Waals surface area contributed by atoms with Crippen LogP contribution >= 0.6 is 27.7 Å². The van der Waals surface area contributed by atoms with E-state index in [0.29, 0.717) is 17.3 Å². The number of anilines is 1. The van der Waals surface area contributed by atoms with E-state index in [1.165, 1.54) is 11.8 Å². The highest BCUT2D eigenvalue weighted by Crippen LogP contribution is 2.22. The molecule has 0 aliphatic rings. The summed E-state index contributed by atoms with van der Waals surface area (Å²) in [6.07, 6.45) is 0. The molecule has 0 bridgehead atoms. The standard InChI is InChI=1S/C18H19BrN4O2S/c1-11-7-17(23(21-11)15-6-4-5-14(19)8-15)20-18(24)10-26-9-16-12(2)22-25-13(16)3/h4-8H,9-10H2,1-3H3,(H,20,24). The Morgan fingerprint density at radius 1 is 1.31 bits per heavy atom. The number of hydrogen-bond donors (Lipinski definition) is 1. The molecule has 1 aromatic carbocycles. The largest absolute Gasteiger partial charge is 0.361 e. The Morgan fingerprint density at radius 3 is 2.81 bits per heavy atom. The van der Waals surface area contributed by atoms with Crippen LogP contribution in [0.25, 0.3) is 5.69 Å². The fourth-order valence-electron chi connectivity index (χ4n) is 2.53. The summed E-state index contributed by atoms with van der Waals surface area (Å²) in [5, 5.41) is 11.4. The molecule has 0 aliphatic heterocycles. The fourth-order valence-corrected chi connectivity index (χ4v) is 3.89. The highest BCUT2D eigenvalue weighted by atomic mass is 79.9. The van der Waals surface area contributed by atoms with Gasteiger partial charge in [-0.3, -0.25) is 4.79 Å². The number of hydrogen-bond acceptors (Lipinski definition) is 5. The summed E-state index contributed by atoms with van der Waals surface area (Å²) in [7, 11) is 0. The maximum absolute atomic E-state index is 12.3. The molecule has 3 aromatic rings. The fraction of sp³-hybridized carbons (Fsp3) is 0.278. The Labute approximate surface area is 164 Å². The van der Waals surface area contributed by atoms with Gasteiger partial charge in [-0.15, -0.1) is 11.8 Å². The summed E-state index contributed by atoms with van der Waals surface area (Å²) in [6.45, 7) is 5.69. The van der Waals surface area contributed by atoms with Gasteiger partial charge in [-0.2, -0.15) is 5.10 Å². The van der Waals surface area contributed by atoms with Crippen molar-refractivity contribution in [2.45, 2.75) is 26.5 Å². The van der Waals surface area contributed by atoms with Crippen molar-refractivity contribution >= 4 is 39.4 Å². The van der Waals surface area contributed by atoms with Crippen molar-refractivity contribution in [3.63, 3.8) is 0 Å². The molecule has 136 valence electrons. The lowest BCUT2D eigenvalue weighted by atomic mass is 10.2. The second kappa shape index (κ2) is 8.09. The smallest absolute Gasteiger partial charge is 0.235 e. The number of carbonyl (C=O) groups excluding carboxylic acids is 1. The minimum atomic E-state index is -0.0714. The van der Waals surface area contributed by atoms with E-state index in [9.17, 15) is 4.79 Å². The molecule has 0 atom stereocenters. The van der Waals surface area contributed by atoms with E-state index in [1.807, 2.05) is 51.1 Å². The number of thioether (sulfide) groups is 1. The molecule has 26 heavy (non-hydrogen) atoms. The first-order valence-electron chi connectivity index (χ1n) is 8.06. The van der Waals surface area contributed by atoms with Gasteiger partial charge in [0.15, 0.2) is 0 Å². The van der Waals surface area contributed by atoms with Crippen LogP contribution in [0, 0.1) is 20.8 Å². The Morgan fingerprint density at radius 2 is 2.12 bits per heavy atom. The summed E-state index contributed by atoms with van der Waals surface area (Å²) in [5.41, 5.74) is 3.64. The normalized spacial score (nSPS) is 10.9. The molecule has 0 spiro atoms. The van der Waals surface area contributed by atoms with Gasteiger partial charge in [0.25, 0.3) is 0 Å². The Hall–Kier alpha value is -2.06. The van der Waals surface area contributed by atoms with Gasteiger partial charge in [-0.05, 0) is 39.0 Å². The van der Waals surface area contributed by atoms with Gasteiger partial charge in [0.05, 0.1) is 22.8 Å². The minimum absolute atomic E-state index is 0.0714. The zero-order valence-corrected chi connectivity index (χ0v) is 17.1. The van der Waals surface area contributed by atoms with Crippen LogP contribution in [-0.2, 0) is 10.5 Å². The first-order chi connectivity index (χ1) is 12.4. The van der Waals surface area contributed by atoms with Crippen molar-refractivity contribution in [2.24, 2.45) is 0 Å². The predicted molar refractivity (Wildman–Crippen MR) is 107 cm³/mol. The molecule has 1 amide bonds. The van der Waals surface area contributed by atoms with Gasteiger partial charge in [-0.25, -0.2) is 4.68 Å². The van der Waals surface area contributed by atoms with Crippen LogP contribution in [0.2, 0.25) is 0 Å². The van der Waals surface area contributed by atoms with E-state index < -0.39 is 0 Å². The maximum Gasteiger partial charge on any atom is 0.235 e. The lowest BCUT2D eigenvalue weighted by Crippen LogP contribution is -2.17. The third kappa shape index (κ3) is 4.37. The average Bonchev–Trinajstić information content (AvgIpc) is 3.11. The Bertz CT molecular complexity index is 916. The lowest BCUT2D eigenvalue weighted by Gasteiger charge is -2.09. The number of rotatable bonds is 6. The number of amides is 1. The molecule has 8 heteroatoms. The van der Waals surface area contributed by atoms with E-state index >= 15 is 0 Å². The van der Waals surface area contributed by atoms with Gasteiger partial charge >= 0.3 is 0 Å². The van der Waals surface area contributed by atoms with Crippen LogP contribution in [0.3, 0.4) is 0 Å². The second-order valence-electron chi connectivity index (χ2n) is 5.91. The van der Waals surface area contributed by atoms with Crippen molar-refractivity contribution in [1.29, 1.82) is 0 Å². The van der Waals surface area contributed by atoms with Gasteiger partial charge < -0.3 is 9.84 Å². The molecule has 0 radical (unpaired) electrons. The molecule has 6 nitrogen and oxygen atoms in total. The first kappa shape index (κ1) is 18.7. The van der Waals surface area contributed by atoms with E-state index in [2.05, 4.69) is 31.5 Å². The summed E-state index contributed by atoms with van der Waals surface area (Å²) in [4.78, 5) is 12.3.